The first-order valence-corrected chi connectivity index (χ1v) is 6.63. The van der Waals surface area contributed by atoms with Crippen LogP contribution in [0.5, 0.6) is 0 Å². The molecule has 1 aromatic rings. The number of esters is 1. The van der Waals surface area contributed by atoms with Gasteiger partial charge in [0.15, 0.2) is 5.69 Å². The van der Waals surface area contributed by atoms with E-state index in [-0.39, 0.29) is 12.0 Å². The highest BCUT2D eigenvalue weighted by Crippen LogP contribution is 2.25. The number of carbonyl (C=O) groups is 1. The summed E-state index contributed by atoms with van der Waals surface area (Å²) in [6, 6.07) is 0. The quantitative estimate of drug-likeness (QED) is 0.626. The van der Waals surface area contributed by atoms with Gasteiger partial charge in [0.1, 0.15) is 0 Å². The van der Waals surface area contributed by atoms with Crippen molar-refractivity contribution in [3.63, 3.8) is 0 Å². The van der Waals surface area contributed by atoms with Crippen molar-refractivity contribution < 1.29 is 14.6 Å². The summed E-state index contributed by atoms with van der Waals surface area (Å²) in [7, 11) is 0. The molecule has 0 fully saturated rings. The average molecular weight is 269 g/mol. The molecule has 1 heterocycles. The molecule has 0 atom stereocenters. The van der Waals surface area contributed by atoms with Crippen LogP contribution >= 0.6 is 0 Å². The van der Waals surface area contributed by atoms with Crippen LogP contribution in [-0.4, -0.2) is 39.3 Å². The number of aliphatic hydroxyl groups excluding tert-OH is 1. The molecule has 0 unspecified atom stereocenters. The van der Waals surface area contributed by atoms with Crippen LogP contribution in [-0.2, 0) is 16.7 Å². The Hall–Kier alpha value is -1.43. The lowest BCUT2D eigenvalue weighted by Crippen LogP contribution is -2.22. The van der Waals surface area contributed by atoms with Crippen molar-refractivity contribution >= 4 is 5.97 Å². The first-order chi connectivity index (χ1) is 8.91. The Morgan fingerprint density at radius 3 is 2.58 bits per heavy atom. The Kier molecular flexibility index (Phi) is 5.47. The number of hydrogen-bond acceptors (Lipinski definition) is 5. The van der Waals surface area contributed by atoms with Crippen molar-refractivity contribution in [1.82, 2.24) is 15.0 Å². The minimum absolute atomic E-state index is 0.157. The molecule has 1 rings (SSSR count). The van der Waals surface area contributed by atoms with Crippen molar-refractivity contribution in [3.8, 4) is 0 Å². The van der Waals surface area contributed by atoms with Crippen LogP contribution < -0.4 is 0 Å². The normalized spacial score (nSPS) is 11.6. The summed E-state index contributed by atoms with van der Waals surface area (Å²) in [6.45, 7) is 8.91. The Bertz CT molecular complexity index is 421. The van der Waals surface area contributed by atoms with Crippen LogP contribution in [0.4, 0.5) is 0 Å². The molecule has 0 aliphatic heterocycles. The Morgan fingerprint density at radius 2 is 2.05 bits per heavy atom. The van der Waals surface area contributed by atoms with Gasteiger partial charge in [0, 0.05) is 18.6 Å². The van der Waals surface area contributed by atoms with Crippen molar-refractivity contribution in [2.24, 2.45) is 0 Å². The van der Waals surface area contributed by atoms with Crippen LogP contribution in [0.3, 0.4) is 0 Å². The molecule has 0 radical (unpaired) electrons. The molecule has 19 heavy (non-hydrogen) atoms. The van der Waals surface area contributed by atoms with Crippen LogP contribution in [0.25, 0.3) is 0 Å². The van der Waals surface area contributed by atoms with Crippen molar-refractivity contribution in [2.45, 2.75) is 52.5 Å². The van der Waals surface area contributed by atoms with Crippen LogP contribution in [0, 0.1) is 0 Å². The van der Waals surface area contributed by atoms with Crippen LogP contribution in [0.15, 0.2) is 0 Å². The third kappa shape index (κ3) is 4.02. The van der Waals surface area contributed by atoms with Gasteiger partial charge in [0.2, 0.25) is 0 Å². The topological polar surface area (TPSA) is 77.2 Å². The molecule has 0 saturated heterocycles. The highest BCUT2D eigenvalue weighted by molar-refractivity contribution is 5.88. The summed E-state index contributed by atoms with van der Waals surface area (Å²) >= 11 is 0. The molecule has 0 saturated carbocycles. The van der Waals surface area contributed by atoms with Gasteiger partial charge < -0.3 is 9.84 Å². The zero-order valence-electron chi connectivity index (χ0n) is 12.1. The van der Waals surface area contributed by atoms with E-state index in [9.17, 15) is 4.79 Å². The summed E-state index contributed by atoms with van der Waals surface area (Å²) in [4.78, 5) is 11.9. The predicted octanol–water partition coefficient (Wildman–Crippen LogP) is 1.52. The van der Waals surface area contributed by atoms with E-state index in [1.54, 1.807) is 11.6 Å². The number of nitrogens with zero attached hydrogens (tertiary/aromatic N) is 3. The molecular formula is C13H23N3O3. The standard InChI is InChI=1S/C13H23N3O3/c1-5-19-12(18)10-11(13(2,3)4)16(15-14-10)8-6-7-9-17/h17H,5-9H2,1-4H3. The van der Waals surface area contributed by atoms with Gasteiger partial charge in [-0.05, 0) is 19.8 Å². The summed E-state index contributed by atoms with van der Waals surface area (Å²) in [5.41, 5.74) is 0.826. The maximum atomic E-state index is 11.9. The van der Waals surface area contributed by atoms with Crippen LogP contribution in [0.1, 0.15) is 56.7 Å². The molecule has 1 aromatic heterocycles. The fourth-order valence-electron chi connectivity index (χ4n) is 1.92. The Labute approximate surface area is 113 Å². The number of aliphatic hydroxyl groups is 1. The first kappa shape index (κ1) is 15.6. The molecule has 0 bridgehead atoms. The molecule has 6 heteroatoms. The van der Waals surface area contributed by atoms with Gasteiger partial charge in [-0.1, -0.05) is 26.0 Å². The Morgan fingerprint density at radius 1 is 1.37 bits per heavy atom. The highest BCUT2D eigenvalue weighted by atomic mass is 16.5. The van der Waals surface area contributed by atoms with E-state index in [0.717, 1.165) is 12.1 Å². The molecule has 108 valence electrons. The van der Waals surface area contributed by atoms with Crippen LogP contribution in [0.2, 0.25) is 0 Å². The smallest absolute Gasteiger partial charge is 0.360 e. The van der Waals surface area contributed by atoms with Gasteiger partial charge in [-0.15, -0.1) is 5.10 Å². The number of ether oxygens (including phenoxy) is 1. The summed E-state index contributed by atoms with van der Waals surface area (Å²) in [5, 5.41) is 16.8. The number of carbonyl (C=O) groups excluding carboxylic acids is 1. The van der Waals surface area contributed by atoms with Crippen molar-refractivity contribution in [3.05, 3.63) is 11.4 Å². The van der Waals surface area contributed by atoms with E-state index in [0.29, 0.717) is 25.3 Å². The molecule has 6 nitrogen and oxygen atoms in total. The zero-order valence-corrected chi connectivity index (χ0v) is 12.1. The van der Waals surface area contributed by atoms with E-state index < -0.39 is 5.97 Å². The van der Waals surface area contributed by atoms with Crippen molar-refractivity contribution in [2.75, 3.05) is 13.2 Å². The lowest BCUT2D eigenvalue weighted by atomic mass is 9.90. The fourth-order valence-corrected chi connectivity index (χ4v) is 1.92. The third-order valence-corrected chi connectivity index (χ3v) is 2.69. The molecule has 0 amide bonds. The minimum atomic E-state index is -0.430. The number of aryl methyl sites for hydroxylation is 1. The molecule has 0 aliphatic rings. The maximum Gasteiger partial charge on any atom is 0.360 e. The number of rotatable bonds is 6. The Balaban J connectivity index is 3.02. The van der Waals surface area contributed by atoms with Gasteiger partial charge in [0.05, 0.1) is 12.3 Å². The molecule has 0 aliphatic carbocycles. The van der Waals surface area contributed by atoms with E-state index in [1.807, 2.05) is 20.8 Å². The average Bonchev–Trinajstić information content (AvgIpc) is 2.73. The highest BCUT2D eigenvalue weighted by Gasteiger charge is 2.29. The number of unbranched alkanes of at least 4 members (excludes halogenated alkanes) is 1. The minimum Gasteiger partial charge on any atom is -0.461 e. The van der Waals surface area contributed by atoms with Gasteiger partial charge in [-0.3, -0.25) is 0 Å². The monoisotopic (exact) mass is 269 g/mol. The van der Waals surface area contributed by atoms with E-state index >= 15 is 0 Å². The van der Waals surface area contributed by atoms with Gasteiger partial charge in [-0.25, -0.2) is 9.48 Å². The van der Waals surface area contributed by atoms with E-state index in [2.05, 4.69) is 10.3 Å². The summed E-state index contributed by atoms with van der Waals surface area (Å²) in [5.74, 6) is -0.430. The molecule has 1 N–H and O–H groups in total. The molecular weight excluding hydrogens is 246 g/mol. The predicted molar refractivity (Wildman–Crippen MR) is 71.0 cm³/mol. The molecule has 0 aromatic carbocycles. The summed E-state index contributed by atoms with van der Waals surface area (Å²) in [6.07, 6.45) is 1.50. The second kappa shape index (κ2) is 6.65. The third-order valence-electron chi connectivity index (χ3n) is 2.69. The maximum absolute atomic E-state index is 11.9. The van der Waals surface area contributed by atoms with E-state index in [1.165, 1.54) is 0 Å². The van der Waals surface area contributed by atoms with Gasteiger partial charge >= 0.3 is 5.97 Å². The van der Waals surface area contributed by atoms with E-state index in [4.69, 9.17) is 9.84 Å². The lowest BCUT2D eigenvalue weighted by molar-refractivity contribution is 0.0516. The SMILES string of the molecule is CCOC(=O)c1nnn(CCCCO)c1C(C)(C)C. The summed E-state index contributed by atoms with van der Waals surface area (Å²) < 4.78 is 6.75. The molecule has 0 spiro atoms. The zero-order chi connectivity index (χ0) is 14.5. The first-order valence-electron chi connectivity index (χ1n) is 6.63. The number of hydrogen-bond donors (Lipinski definition) is 1. The van der Waals surface area contributed by atoms with Crippen molar-refractivity contribution in [1.29, 1.82) is 0 Å². The largest absolute Gasteiger partial charge is 0.461 e. The van der Waals surface area contributed by atoms with Gasteiger partial charge in [0.25, 0.3) is 0 Å². The second-order valence-electron chi connectivity index (χ2n) is 5.41. The number of aromatic nitrogens is 3. The fraction of sp³-hybridized carbons (Fsp3) is 0.769. The lowest BCUT2D eigenvalue weighted by Gasteiger charge is -2.20. The second-order valence-corrected chi connectivity index (χ2v) is 5.41. The van der Waals surface area contributed by atoms with Gasteiger partial charge in [-0.2, -0.15) is 0 Å².